The molecule has 112 valence electrons. The summed E-state index contributed by atoms with van der Waals surface area (Å²) in [4.78, 5) is 17.7. The lowest BCUT2D eigenvalue weighted by Gasteiger charge is -2.27. The molecular weight excluding hydrogens is 272 g/mol. The van der Waals surface area contributed by atoms with E-state index in [2.05, 4.69) is 37.9 Å². The fourth-order valence-corrected chi connectivity index (χ4v) is 3.28. The highest BCUT2D eigenvalue weighted by atomic mass is 32.1. The van der Waals surface area contributed by atoms with Crippen molar-refractivity contribution in [2.45, 2.75) is 6.04 Å². The van der Waals surface area contributed by atoms with Gasteiger partial charge in [-0.3, -0.25) is 9.69 Å². The average molecular weight is 296 g/mol. The largest absolute Gasteiger partial charge is 0.353 e. The highest BCUT2D eigenvalue weighted by Crippen LogP contribution is 2.22. The van der Waals surface area contributed by atoms with Gasteiger partial charge in [0.25, 0.3) is 0 Å². The summed E-state index contributed by atoms with van der Waals surface area (Å²) in [5, 5.41) is 8.43. The average Bonchev–Trinajstić information content (AvgIpc) is 2.93. The normalized spacial score (nSPS) is 18.1. The predicted molar refractivity (Wildman–Crippen MR) is 83.1 cm³/mol. The van der Waals surface area contributed by atoms with Crippen LogP contribution in [0.1, 0.15) is 10.9 Å². The van der Waals surface area contributed by atoms with Gasteiger partial charge < -0.3 is 15.5 Å². The molecule has 2 heterocycles. The van der Waals surface area contributed by atoms with Crippen molar-refractivity contribution >= 4 is 17.2 Å². The zero-order valence-electron chi connectivity index (χ0n) is 12.3. The Morgan fingerprint density at radius 1 is 1.50 bits per heavy atom. The van der Waals surface area contributed by atoms with E-state index in [1.807, 2.05) is 14.1 Å². The standard InChI is InChI=1S/C14H24N4OS/c1-17(2)12(13-4-3-9-20-13)10-16-14(19)11-18-7-5-15-6-8-18/h3-4,9,12,15H,5-8,10-11H2,1-2H3,(H,16,19). The first-order valence-electron chi connectivity index (χ1n) is 7.06. The van der Waals surface area contributed by atoms with Gasteiger partial charge in [-0.15, -0.1) is 11.3 Å². The van der Waals surface area contributed by atoms with Crippen molar-refractivity contribution in [3.63, 3.8) is 0 Å². The minimum atomic E-state index is 0.121. The number of likely N-dealkylation sites (N-methyl/N-ethyl adjacent to an activating group) is 1. The summed E-state index contributed by atoms with van der Waals surface area (Å²) in [6.07, 6.45) is 0. The second kappa shape index (κ2) is 7.73. The second-order valence-electron chi connectivity index (χ2n) is 5.33. The maximum Gasteiger partial charge on any atom is 0.234 e. The molecule has 20 heavy (non-hydrogen) atoms. The number of hydrogen-bond acceptors (Lipinski definition) is 5. The molecule has 5 nitrogen and oxygen atoms in total. The van der Waals surface area contributed by atoms with E-state index in [0.29, 0.717) is 13.1 Å². The maximum atomic E-state index is 12.0. The summed E-state index contributed by atoms with van der Waals surface area (Å²) in [5.74, 6) is 0.121. The van der Waals surface area contributed by atoms with Crippen LogP contribution in [0.15, 0.2) is 17.5 Å². The van der Waals surface area contributed by atoms with Crippen LogP contribution in [0.5, 0.6) is 0 Å². The Balaban J connectivity index is 1.78. The lowest BCUT2D eigenvalue weighted by Crippen LogP contribution is -2.48. The molecule has 1 amide bonds. The van der Waals surface area contributed by atoms with E-state index in [1.165, 1.54) is 4.88 Å². The molecule has 0 aromatic carbocycles. The van der Waals surface area contributed by atoms with Crippen LogP contribution >= 0.6 is 11.3 Å². The summed E-state index contributed by atoms with van der Waals surface area (Å²) in [5.41, 5.74) is 0. The van der Waals surface area contributed by atoms with Crippen LogP contribution in [0, 0.1) is 0 Å². The Hall–Kier alpha value is -0.950. The van der Waals surface area contributed by atoms with Crippen LogP contribution in [-0.4, -0.2) is 69.1 Å². The molecule has 1 aromatic rings. The first-order valence-corrected chi connectivity index (χ1v) is 7.94. The number of piperazine rings is 1. The van der Waals surface area contributed by atoms with Crippen LogP contribution in [0.25, 0.3) is 0 Å². The molecule has 0 aliphatic carbocycles. The van der Waals surface area contributed by atoms with E-state index in [4.69, 9.17) is 0 Å². The van der Waals surface area contributed by atoms with E-state index in [-0.39, 0.29) is 11.9 Å². The highest BCUT2D eigenvalue weighted by molar-refractivity contribution is 7.10. The Labute approximate surface area is 124 Å². The van der Waals surface area contributed by atoms with Gasteiger partial charge in [-0.05, 0) is 25.5 Å². The van der Waals surface area contributed by atoms with Gasteiger partial charge in [0.15, 0.2) is 0 Å². The van der Waals surface area contributed by atoms with Crippen LogP contribution in [0.3, 0.4) is 0 Å². The van der Waals surface area contributed by atoms with Gasteiger partial charge in [0, 0.05) is 37.6 Å². The Morgan fingerprint density at radius 2 is 2.25 bits per heavy atom. The molecule has 0 spiro atoms. The maximum absolute atomic E-state index is 12.0. The van der Waals surface area contributed by atoms with Crippen molar-refractivity contribution in [2.75, 3.05) is 53.4 Å². The molecule has 1 atom stereocenters. The van der Waals surface area contributed by atoms with Gasteiger partial charge in [0.1, 0.15) is 0 Å². The van der Waals surface area contributed by atoms with Crippen LogP contribution in [-0.2, 0) is 4.79 Å². The zero-order valence-corrected chi connectivity index (χ0v) is 13.1. The third-order valence-electron chi connectivity index (χ3n) is 3.56. The summed E-state index contributed by atoms with van der Waals surface area (Å²) in [7, 11) is 4.10. The summed E-state index contributed by atoms with van der Waals surface area (Å²) in [6.45, 7) is 5.03. The molecule has 0 saturated carbocycles. The van der Waals surface area contributed by atoms with Gasteiger partial charge in [-0.25, -0.2) is 0 Å². The van der Waals surface area contributed by atoms with E-state index in [0.717, 1.165) is 26.2 Å². The first kappa shape index (κ1) is 15.4. The monoisotopic (exact) mass is 296 g/mol. The number of thiophene rings is 1. The molecule has 2 N–H and O–H groups in total. The summed E-state index contributed by atoms with van der Waals surface area (Å²) >= 11 is 1.74. The second-order valence-corrected chi connectivity index (χ2v) is 6.30. The molecule has 1 unspecified atom stereocenters. The van der Waals surface area contributed by atoms with Gasteiger partial charge in [0.05, 0.1) is 12.6 Å². The topological polar surface area (TPSA) is 47.6 Å². The molecule has 1 aliphatic rings. The van der Waals surface area contributed by atoms with E-state index >= 15 is 0 Å². The Bertz CT molecular complexity index is 401. The first-order chi connectivity index (χ1) is 9.66. The molecule has 1 aliphatic heterocycles. The Kier molecular flexibility index (Phi) is 5.97. The van der Waals surface area contributed by atoms with Crippen LogP contribution < -0.4 is 10.6 Å². The summed E-state index contributed by atoms with van der Waals surface area (Å²) in [6, 6.07) is 4.43. The van der Waals surface area contributed by atoms with Crippen molar-refractivity contribution in [3.05, 3.63) is 22.4 Å². The molecule has 6 heteroatoms. The van der Waals surface area contributed by atoms with Gasteiger partial charge in [0.2, 0.25) is 5.91 Å². The molecular formula is C14H24N4OS. The quantitative estimate of drug-likeness (QED) is 0.796. The number of rotatable bonds is 6. The Morgan fingerprint density at radius 3 is 2.85 bits per heavy atom. The molecule has 0 bridgehead atoms. The van der Waals surface area contributed by atoms with E-state index in [1.54, 1.807) is 11.3 Å². The van der Waals surface area contributed by atoms with Crippen molar-refractivity contribution in [2.24, 2.45) is 0 Å². The molecule has 1 saturated heterocycles. The molecule has 1 aromatic heterocycles. The lowest BCUT2D eigenvalue weighted by atomic mass is 10.2. The molecule has 2 rings (SSSR count). The van der Waals surface area contributed by atoms with Gasteiger partial charge in [-0.1, -0.05) is 6.07 Å². The third-order valence-corrected chi connectivity index (χ3v) is 4.54. The van der Waals surface area contributed by atoms with E-state index < -0.39 is 0 Å². The highest BCUT2D eigenvalue weighted by Gasteiger charge is 2.18. The van der Waals surface area contributed by atoms with Crippen molar-refractivity contribution in [1.82, 2.24) is 20.4 Å². The smallest absolute Gasteiger partial charge is 0.234 e. The fourth-order valence-electron chi connectivity index (χ4n) is 2.36. The van der Waals surface area contributed by atoms with Crippen LogP contribution in [0.4, 0.5) is 0 Å². The number of carbonyl (C=O) groups excluding carboxylic acids is 1. The van der Waals surface area contributed by atoms with E-state index in [9.17, 15) is 4.79 Å². The lowest BCUT2D eigenvalue weighted by molar-refractivity contribution is -0.122. The minimum absolute atomic E-state index is 0.121. The number of amides is 1. The van der Waals surface area contributed by atoms with Crippen molar-refractivity contribution in [3.8, 4) is 0 Å². The SMILES string of the molecule is CN(C)C(CNC(=O)CN1CCNCC1)c1cccs1. The summed E-state index contributed by atoms with van der Waals surface area (Å²) < 4.78 is 0. The van der Waals surface area contributed by atoms with Gasteiger partial charge in [-0.2, -0.15) is 0 Å². The zero-order chi connectivity index (χ0) is 14.4. The number of hydrogen-bond donors (Lipinski definition) is 2. The molecule has 1 fully saturated rings. The number of carbonyl (C=O) groups is 1. The minimum Gasteiger partial charge on any atom is -0.353 e. The predicted octanol–water partition coefficient (Wildman–Crippen LogP) is 0.372. The molecule has 0 radical (unpaired) electrons. The van der Waals surface area contributed by atoms with Crippen molar-refractivity contribution in [1.29, 1.82) is 0 Å². The van der Waals surface area contributed by atoms with Crippen LogP contribution in [0.2, 0.25) is 0 Å². The third kappa shape index (κ3) is 4.56. The van der Waals surface area contributed by atoms with Gasteiger partial charge >= 0.3 is 0 Å². The number of nitrogens with one attached hydrogen (secondary N) is 2. The number of nitrogens with zero attached hydrogens (tertiary/aromatic N) is 2. The fraction of sp³-hybridized carbons (Fsp3) is 0.643. The van der Waals surface area contributed by atoms with Crippen molar-refractivity contribution < 1.29 is 4.79 Å².